The predicted octanol–water partition coefficient (Wildman–Crippen LogP) is 1.91. The van der Waals surface area contributed by atoms with Gasteiger partial charge in [0.1, 0.15) is 16.9 Å². The fourth-order valence-electron chi connectivity index (χ4n) is 1.10. The Balaban J connectivity index is 2.75. The number of hydrogen-bond donors (Lipinski definition) is 3. The van der Waals surface area contributed by atoms with Gasteiger partial charge in [-0.1, -0.05) is 30.1 Å². The monoisotopic (exact) mass is 264 g/mol. The molecule has 0 fully saturated rings. The third-order valence-electron chi connectivity index (χ3n) is 1.98. The molecule has 1 heterocycles. The van der Waals surface area contributed by atoms with E-state index in [1.54, 1.807) is 6.92 Å². The van der Waals surface area contributed by atoms with Gasteiger partial charge in [0, 0.05) is 0 Å². The van der Waals surface area contributed by atoms with Gasteiger partial charge in [-0.05, 0) is 12.5 Å². The fourth-order valence-corrected chi connectivity index (χ4v) is 1.41. The second-order valence-electron chi connectivity index (χ2n) is 3.12. The molecule has 1 aromatic rings. The van der Waals surface area contributed by atoms with Crippen LogP contribution in [0.25, 0.3) is 0 Å². The first kappa shape index (κ1) is 12.9. The molecule has 1 amide bonds. The first-order valence-corrected chi connectivity index (χ1v) is 5.29. The molecule has 5 nitrogen and oxygen atoms in total. The Morgan fingerprint density at radius 2 is 2.19 bits per heavy atom. The number of amides is 1. The SMILES string of the molecule is CC[C@@H](NC(=O)c1cc(Cl)c(Cl)[nH]1)C(=O)O. The molecule has 0 bridgehead atoms. The highest BCUT2D eigenvalue weighted by atomic mass is 35.5. The average Bonchev–Trinajstić information content (AvgIpc) is 2.55. The van der Waals surface area contributed by atoms with Crippen LogP contribution in [0.1, 0.15) is 23.8 Å². The Bertz CT molecular complexity index is 397. The minimum absolute atomic E-state index is 0.134. The van der Waals surface area contributed by atoms with Crippen LogP contribution in [0.5, 0.6) is 0 Å². The number of aromatic amines is 1. The lowest BCUT2D eigenvalue weighted by Gasteiger charge is -2.10. The van der Waals surface area contributed by atoms with Crippen molar-refractivity contribution in [2.24, 2.45) is 0 Å². The number of aromatic nitrogens is 1. The molecular weight excluding hydrogens is 255 g/mol. The van der Waals surface area contributed by atoms with E-state index in [0.29, 0.717) is 6.42 Å². The highest BCUT2D eigenvalue weighted by molar-refractivity contribution is 6.41. The summed E-state index contributed by atoms with van der Waals surface area (Å²) in [5.74, 6) is -1.64. The maximum atomic E-state index is 11.6. The molecule has 0 aliphatic heterocycles. The van der Waals surface area contributed by atoms with Crippen molar-refractivity contribution in [1.82, 2.24) is 10.3 Å². The summed E-state index contributed by atoms with van der Waals surface area (Å²) in [5.41, 5.74) is 0.134. The number of carbonyl (C=O) groups excluding carboxylic acids is 1. The summed E-state index contributed by atoms with van der Waals surface area (Å²) < 4.78 is 0. The molecule has 7 heteroatoms. The first-order chi connectivity index (χ1) is 7.45. The molecule has 0 aliphatic carbocycles. The van der Waals surface area contributed by atoms with Gasteiger partial charge >= 0.3 is 5.97 Å². The molecule has 1 aromatic heterocycles. The third-order valence-corrected chi connectivity index (χ3v) is 2.67. The van der Waals surface area contributed by atoms with Crippen LogP contribution < -0.4 is 5.32 Å². The smallest absolute Gasteiger partial charge is 0.326 e. The molecule has 1 rings (SSSR count). The maximum absolute atomic E-state index is 11.6. The number of carboxylic acid groups (broad SMARTS) is 1. The van der Waals surface area contributed by atoms with Crippen LogP contribution in [0.15, 0.2) is 6.07 Å². The van der Waals surface area contributed by atoms with Gasteiger partial charge in [0.25, 0.3) is 5.91 Å². The van der Waals surface area contributed by atoms with Crippen molar-refractivity contribution in [3.63, 3.8) is 0 Å². The zero-order valence-electron chi connectivity index (χ0n) is 8.38. The van der Waals surface area contributed by atoms with Crippen LogP contribution in [0.3, 0.4) is 0 Å². The van der Waals surface area contributed by atoms with Crippen LogP contribution >= 0.6 is 23.2 Å². The molecule has 1 atom stereocenters. The van der Waals surface area contributed by atoms with Gasteiger partial charge in [-0.25, -0.2) is 4.79 Å². The molecule has 88 valence electrons. The number of carbonyl (C=O) groups is 2. The van der Waals surface area contributed by atoms with E-state index in [1.165, 1.54) is 6.07 Å². The van der Waals surface area contributed by atoms with Gasteiger partial charge < -0.3 is 15.4 Å². The number of aliphatic carboxylic acids is 1. The number of carboxylic acids is 1. The Labute approximate surface area is 102 Å². The topological polar surface area (TPSA) is 82.2 Å². The van der Waals surface area contributed by atoms with Crippen molar-refractivity contribution in [2.75, 3.05) is 0 Å². The van der Waals surface area contributed by atoms with Crippen LogP contribution in [0.2, 0.25) is 10.2 Å². The highest BCUT2D eigenvalue weighted by Gasteiger charge is 2.20. The summed E-state index contributed by atoms with van der Waals surface area (Å²) in [6.45, 7) is 1.66. The molecule has 0 spiro atoms. The number of halogens is 2. The third kappa shape index (κ3) is 2.90. The zero-order chi connectivity index (χ0) is 12.3. The quantitative estimate of drug-likeness (QED) is 0.777. The van der Waals surface area contributed by atoms with E-state index in [1.807, 2.05) is 0 Å². The summed E-state index contributed by atoms with van der Waals surface area (Å²) >= 11 is 11.3. The predicted molar refractivity (Wildman–Crippen MR) is 60.0 cm³/mol. The van der Waals surface area contributed by atoms with E-state index >= 15 is 0 Å². The summed E-state index contributed by atoms with van der Waals surface area (Å²) in [5, 5.41) is 11.5. The van der Waals surface area contributed by atoms with Crippen molar-refractivity contribution < 1.29 is 14.7 Å². The Morgan fingerprint density at radius 3 is 2.56 bits per heavy atom. The maximum Gasteiger partial charge on any atom is 0.326 e. The van der Waals surface area contributed by atoms with E-state index in [0.717, 1.165) is 0 Å². The summed E-state index contributed by atoms with van der Waals surface area (Å²) in [4.78, 5) is 24.8. The Morgan fingerprint density at radius 1 is 1.56 bits per heavy atom. The standard InChI is InChI=1S/C9H10Cl2N2O3/c1-2-5(9(15)16)13-8(14)6-3-4(10)7(11)12-6/h3,5,12H,2H2,1H3,(H,13,14)(H,15,16)/t5-/m1/s1. The largest absolute Gasteiger partial charge is 0.480 e. The number of rotatable bonds is 4. The van der Waals surface area contributed by atoms with Gasteiger partial charge in [-0.2, -0.15) is 0 Å². The van der Waals surface area contributed by atoms with E-state index in [4.69, 9.17) is 28.3 Å². The minimum Gasteiger partial charge on any atom is -0.480 e. The molecule has 16 heavy (non-hydrogen) atoms. The van der Waals surface area contributed by atoms with E-state index in [-0.39, 0.29) is 15.9 Å². The highest BCUT2D eigenvalue weighted by Crippen LogP contribution is 2.21. The number of hydrogen-bond acceptors (Lipinski definition) is 2. The normalized spacial score (nSPS) is 12.2. The van der Waals surface area contributed by atoms with Crippen molar-refractivity contribution >= 4 is 35.1 Å². The first-order valence-electron chi connectivity index (χ1n) is 4.53. The Hall–Kier alpha value is -1.20. The van der Waals surface area contributed by atoms with Gasteiger partial charge in [0.05, 0.1) is 5.02 Å². The van der Waals surface area contributed by atoms with Crippen molar-refractivity contribution in [1.29, 1.82) is 0 Å². The van der Waals surface area contributed by atoms with E-state index < -0.39 is 17.9 Å². The fraction of sp³-hybridized carbons (Fsp3) is 0.333. The van der Waals surface area contributed by atoms with Gasteiger partial charge in [0.15, 0.2) is 0 Å². The lowest BCUT2D eigenvalue weighted by Crippen LogP contribution is -2.40. The summed E-state index contributed by atoms with van der Waals surface area (Å²) in [6, 6.07) is 0.418. The second-order valence-corrected chi connectivity index (χ2v) is 3.90. The lowest BCUT2D eigenvalue weighted by atomic mass is 10.2. The molecule has 0 saturated carbocycles. The molecule has 0 radical (unpaired) electrons. The van der Waals surface area contributed by atoms with Crippen LogP contribution in [0, 0.1) is 0 Å². The molecular formula is C9H10Cl2N2O3. The lowest BCUT2D eigenvalue weighted by molar-refractivity contribution is -0.139. The van der Waals surface area contributed by atoms with Crippen LogP contribution in [0.4, 0.5) is 0 Å². The van der Waals surface area contributed by atoms with E-state index in [2.05, 4.69) is 10.3 Å². The number of nitrogens with one attached hydrogen (secondary N) is 2. The molecule has 0 saturated heterocycles. The molecule has 3 N–H and O–H groups in total. The van der Waals surface area contributed by atoms with Crippen molar-refractivity contribution in [3.05, 3.63) is 21.9 Å². The minimum atomic E-state index is -1.08. The van der Waals surface area contributed by atoms with Crippen LogP contribution in [-0.4, -0.2) is 28.0 Å². The average molecular weight is 265 g/mol. The summed E-state index contributed by atoms with van der Waals surface area (Å²) in [7, 11) is 0. The van der Waals surface area contributed by atoms with Crippen molar-refractivity contribution in [3.8, 4) is 0 Å². The molecule has 0 unspecified atom stereocenters. The number of H-pyrrole nitrogens is 1. The second kappa shape index (κ2) is 5.23. The van der Waals surface area contributed by atoms with E-state index in [9.17, 15) is 9.59 Å². The summed E-state index contributed by atoms with van der Waals surface area (Å²) in [6.07, 6.45) is 0.295. The molecule has 0 aliphatic rings. The van der Waals surface area contributed by atoms with Crippen LogP contribution in [-0.2, 0) is 4.79 Å². The van der Waals surface area contributed by atoms with Crippen molar-refractivity contribution in [2.45, 2.75) is 19.4 Å². The van der Waals surface area contributed by atoms with Gasteiger partial charge in [-0.15, -0.1) is 0 Å². The van der Waals surface area contributed by atoms with Gasteiger partial charge in [0.2, 0.25) is 0 Å². The zero-order valence-corrected chi connectivity index (χ0v) is 9.89. The molecule has 0 aromatic carbocycles. The Kier molecular flexibility index (Phi) is 4.20. The van der Waals surface area contributed by atoms with Gasteiger partial charge in [-0.3, -0.25) is 4.79 Å².